The van der Waals surface area contributed by atoms with Crippen LogP contribution >= 0.6 is 0 Å². The Morgan fingerprint density at radius 2 is 1.78 bits per heavy atom. The van der Waals surface area contributed by atoms with Crippen LogP contribution in [0.1, 0.15) is 16.7 Å². The van der Waals surface area contributed by atoms with Gasteiger partial charge in [-0.2, -0.15) is 5.10 Å². The summed E-state index contributed by atoms with van der Waals surface area (Å²) in [5.41, 5.74) is 5.83. The van der Waals surface area contributed by atoms with Gasteiger partial charge in [0.2, 0.25) is 5.91 Å². The Balaban J connectivity index is 2.05. The molecule has 120 valence electrons. The number of amides is 2. The number of hydrogen-bond acceptors (Lipinski definition) is 6. The van der Waals surface area contributed by atoms with Crippen molar-refractivity contribution in [1.82, 2.24) is 5.43 Å². The molecule has 0 spiro atoms. The molecule has 1 aromatic carbocycles. The van der Waals surface area contributed by atoms with Crippen molar-refractivity contribution in [3.63, 3.8) is 0 Å². The maximum absolute atomic E-state index is 12.8. The predicted molar refractivity (Wildman–Crippen MR) is 83.0 cm³/mol. The van der Waals surface area contributed by atoms with Crippen LogP contribution in [0.15, 0.2) is 17.2 Å². The summed E-state index contributed by atoms with van der Waals surface area (Å²) in [6.45, 7) is 5.66. The summed E-state index contributed by atoms with van der Waals surface area (Å²) in [4.78, 5) is 38.4. The minimum Gasteiger partial charge on any atom is -0.464 e. The van der Waals surface area contributed by atoms with Gasteiger partial charge in [0.15, 0.2) is 5.71 Å². The third kappa shape index (κ3) is 2.11. The minimum absolute atomic E-state index is 0.0548. The Hall–Kier alpha value is -2.70. The first-order chi connectivity index (χ1) is 10.9. The molecule has 23 heavy (non-hydrogen) atoms. The zero-order chi connectivity index (χ0) is 16.9. The van der Waals surface area contributed by atoms with Gasteiger partial charge in [-0.15, -0.1) is 0 Å². The average Bonchev–Trinajstić information content (AvgIpc) is 3.01. The second-order valence-corrected chi connectivity index (χ2v) is 5.83. The van der Waals surface area contributed by atoms with Crippen LogP contribution in [-0.2, 0) is 19.1 Å². The van der Waals surface area contributed by atoms with Gasteiger partial charge in [-0.3, -0.25) is 15.0 Å². The van der Waals surface area contributed by atoms with E-state index in [4.69, 9.17) is 0 Å². The van der Waals surface area contributed by atoms with E-state index in [0.717, 1.165) is 21.6 Å². The summed E-state index contributed by atoms with van der Waals surface area (Å²) < 4.78 is 4.64. The van der Waals surface area contributed by atoms with Gasteiger partial charge in [0.1, 0.15) is 12.0 Å². The minimum atomic E-state index is -0.935. The Kier molecular flexibility index (Phi) is 3.43. The van der Waals surface area contributed by atoms with Crippen molar-refractivity contribution in [2.45, 2.75) is 26.8 Å². The number of nitrogens with zero attached hydrogens (tertiary/aromatic N) is 2. The van der Waals surface area contributed by atoms with Crippen LogP contribution in [0, 0.1) is 26.7 Å². The smallest absolute Gasteiger partial charge is 0.355 e. The molecule has 2 amide bonds. The van der Waals surface area contributed by atoms with E-state index in [0.29, 0.717) is 5.69 Å². The fourth-order valence-electron chi connectivity index (χ4n) is 3.31. The van der Waals surface area contributed by atoms with E-state index < -0.39 is 29.7 Å². The number of nitrogens with one attached hydrogen (secondary N) is 1. The number of rotatable bonds is 2. The van der Waals surface area contributed by atoms with E-state index in [1.54, 1.807) is 0 Å². The van der Waals surface area contributed by atoms with Gasteiger partial charge in [-0.25, -0.2) is 9.69 Å². The molecule has 2 heterocycles. The van der Waals surface area contributed by atoms with Crippen LogP contribution in [0.3, 0.4) is 0 Å². The highest BCUT2D eigenvalue weighted by molar-refractivity contribution is 6.46. The summed E-state index contributed by atoms with van der Waals surface area (Å²) >= 11 is 0. The number of esters is 1. The molecule has 7 nitrogen and oxygen atoms in total. The largest absolute Gasteiger partial charge is 0.464 e. The monoisotopic (exact) mass is 315 g/mol. The molecule has 7 heteroatoms. The quantitative estimate of drug-likeness (QED) is 0.638. The van der Waals surface area contributed by atoms with Crippen molar-refractivity contribution in [3.8, 4) is 0 Å². The molecule has 0 bridgehead atoms. The SMILES string of the molecule is COC(=O)C1=NN[C@H]2C(=O)N(c3c(C)cc(C)cc3C)C(=O)[C@H]12. The molecule has 1 aromatic rings. The van der Waals surface area contributed by atoms with E-state index in [1.165, 1.54) is 7.11 Å². The molecule has 1 N–H and O–H groups in total. The number of hydrazone groups is 1. The summed E-state index contributed by atoms with van der Waals surface area (Å²) in [5.74, 6) is -2.50. The number of methoxy groups -OCH3 is 1. The van der Waals surface area contributed by atoms with Gasteiger partial charge in [0.05, 0.1) is 12.8 Å². The molecular formula is C16H17N3O4. The third-order valence-electron chi connectivity index (χ3n) is 4.18. The molecule has 0 aromatic heterocycles. The number of imide groups is 1. The first-order valence-electron chi connectivity index (χ1n) is 7.24. The number of carbonyl (C=O) groups is 3. The fraction of sp³-hybridized carbons (Fsp3) is 0.375. The average molecular weight is 315 g/mol. The third-order valence-corrected chi connectivity index (χ3v) is 4.18. The standard InChI is InChI=1S/C16H17N3O4/c1-7-5-8(2)13(9(3)6-7)19-14(20)10-11(15(19)21)17-18-12(10)16(22)23-4/h5-6,10-11,17H,1-4H3/t10-,11+/m0/s1. The lowest BCUT2D eigenvalue weighted by Gasteiger charge is -2.21. The van der Waals surface area contributed by atoms with Crippen molar-refractivity contribution < 1.29 is 19.1 Å². The van der Waals surface area contributed by atoms with Gasteiger partial charge < -0.3 is 4.74 Å². The molecule has 3 rings (SSSR count). The van der Waals surface area contributed by atoms with Gasteiger partial charge in [-0.1, -0.05) is 17.7 Å². The topological polar surface area (TPSA) is 88.1 Å². The van der Waals surface area contributed by atoms with Gasteiger partial charge in [-0.05, 0) is 31.9 Å². The number of fused-ring (bicyclic) bond motifs is 1. The van der Waals surface area contributed by atoms with E-state index >= 15 is 0 Å². The molecule has 0 unspecified atom stereocenters. The number of benzene rings is 1. The highest BCUT2D eigenvalue weighted by Gasteiger charge is 2.56. The normalized spacial score (nSPS) is 22.8. The van der Waals surface area contributed by atoms with Crippen LogP contribution in [-0.4, -0.2) is 36.6 Å². The molecule has 1 saturated heterocycles. The van der Waals surface area contributed by atoms with E-state index in [2.05, 4.69) is 15.3 Å². The molecular weight excluding hydrogens is 298 g/mol. The fourth-order valence-corrected chi connectivity index (χ4v) is 3.31. The number of aryl methyl sites for hydroxylation is 3. The van der Waals surface area contributed by atoms with E-state index in [-0.39, 0.29) is 5.71 Å². The summed E-state index contributed by atoms with van der Waals surface area (Å²) in [6, 6.07) is 2.98. The van der Waals surface area contributed by atoms with Crippen molar-refractivity contribution in [1.29, 1.82) is 0 Å². The van der Waals surface area contributed by atoms with Crippen LogP contribution in [0.4, 0.5) is 5.69 Å². The van der Waals surface area contributed by atoms with Crippen LogP contribution < -0.4 is 10.3 Å². The first-order valence-corrected chi connectivity index (χ1v) is 7.24. The predicted octanol–water partition coefficient (Wildman–Crippen LogP) is 0.602. The maximum atomic E-state index is 12.8. The number of ether oxygens (including phenoxy) is 1. The van der Waals surface area contributed by atoms with Crippen LogP contribution in [0.2, 0.25) is 0 Å². The lowest BCUT2D eigenvalue weighted by Crippen LogP contribution is -2.37. The zero-order valence-corrected chi connectivity index (χ0v) is 13.3. The van der Waals surface area contributed by atoms with Gasteiger partial charge in [0.25, 0.3) is 5.91 Å². The second-order valence-electron chi connectivity index (χ2n) is 5.83. The molecule has 2 aliphatic rings. The first kappa shape index (κ1) is 15.2. The lowest BCUT2D eigenvalue weighted by atomic mass is 9.99. The van der Waals surface area contributed by atoms with E-state index in [9.17, 15) is 14.4 Å². The van der Waals surface area contributed by atoms with Gasteiger partial charge in [0, 0.05) is 0 Å². The maximum Gasteiger partial charge on any atom is 0.355 e. The van der Waals surface area contributed by atoms with Crippen molar-refractivity contribution in [3.05, 3.63) is 28.8 Å². The molecule has 2 atom stereocenters. The number of hydrogen-bond donors (Lipinski definition) is 1. The lowest BCUT2D eigenvalue weighted by molar-refractivity contribution is -0.133. The summed E-state index contributed by atoms with van der Waals surface area (Å²) in [7, 11) is 1.21. The van der Waals surface area contributed by atoms with Crippen LogP contribution in [0.5, 0.6) is 0 Å². The Bertz CT molecular complexity index is 746. The highest BCUT2D eigenvalue weighted by atomic mass is 16.5. The molecule has 0 saturated carbocycles. The van der Waals surface area contributed by atoms with Crippen molar-refractivity contribution in [2.24, 2.45) is 11.0 Å². The van der Waals surface area contributed by atoms with E-state index in [1.807, 2.05) is 32.9 Å². The highest BCUT2D eigenvalue weighted by Crippen LogP contribution is 2.35. The Morgan fingerprint density at radius 3 is 2.35 bits per heavy atom. The summed E-state index contributed by atoms with van der Waals surface area (Å²) in [6.07, 6.45) is 0. The molecule has 0 radical (unpaired) electrons. The Labute approximate surface area is 133 Å². The van der Waals surface area contributed by atoms with Crippen LogP contribution in [0.25, 0.3) is 0 Å². The molecule has 2 aliphatic heterocycles. The zero-order valence-electron chi connectivity index (χ0n) is 13.3. The van der Waals surface area contributed by atoms with Crippen molar-refractivity contribution >= 4 is 29.2 Å². The number of carbonyl (C=O) groups excluding carboxylic acids is 3. The second kappa shape index (κ2) is 5.19. The van der Waals surface area contributed by atoms with Gasteiger partial charge >= 0.3 is 5.97 Å². The van der Waals surface area contributed by atoms with Crippen molar-refractivity contribution in [2.75, 3.05) is 12.0 Å². The molecule has 0 aliphatic carbocycles. The Morgan fingerprint density at radius 1 is 1.17 bits per heavy atom. The summed E-state index contributed by atoms with van der Waals surface area (Å²) in [5, 5.41) is 3.80. The number of anilines is 1. The molecule has 1 fully saturated rings.